The molecule has 1 N–H and O–H groups in total. The molecule has 0 unspecified atom stereocenters. The number of ether oxygens (including phenoxy) is 2. The largest absolute Gasteiger partial charge is 0.467 e. The first-order valence-electron chi connectivity index (χ1n) is 6.98. The lowest BCUT2D eigenvalue weighted by Gasteiger charge is -2.24. The Hall–Kier alpha value is -1.40. The summed E-state index contributed by atoms with van der Waals surface area (Å²) >= 11 is 12.5. The first-order chi connectivity index (χ1) is 10.8. The molecule has 0 aliphatic carbocycles. The van der Waals surface area contributed by atoms with Crippen LogP contribution in [0.5, 0.6) is 5.75 Å². The molecule has 5 nitrogen and oxygen atoms in total. The van der Waals surface area contributed by atoms with Crippen molar-refractivity contribution in [3.05, 3.63) is 40.1 Å². The summed E-state index contributed by atoms with van der Waals surface area (Å²) in [5, 5.41) is 17.0. The van der Waals surface area contributed by atoms with Crippen LogP contribution in [0.15, 0.2) is 24.3 Å². The molecule has 0 aliphatic rings. The Balaban J connectivity index is 2.40. The van der Waals surface area contributed by atoms with Gasteiger partial charge in [-0.25, -0.2) is 0 Å². The fourth-order valence-corrected chi connectivity index (χ4v) is 2.86. The van der Waals surface area contributed by atoms with Gasteiger partial charge < -0.3 is 14.6 Å². The third kappa shape index (κ3) is 4.32. The van der Waals surface area contributed by atoms with E-state index in [0.29, 0.717) is 16.1 Å². The van der Waals surface area contributed by atoms with Gasteiger partial charge in [0.2, 0.25) is 0 Å². The van der Waals surface area contributed by atoms with Gasteiger partial charge in [0.05, 0.1) is 0 Å². The number of hydrogen-bond donors (Lipinski definition) is 1. The van der Waals surface area contributed by atoms with Crippen LogP contribution in [0.3, 0.4) is 0 Å². The summed E-state index contributed by atoms with van der Waals surface area (Å²) < 4.78 is 10.0. The zero-order valence-electron chi connectivity index (χ0n) is 13.1. The lowest BCUT2D eigenvalue weighted by molar-refractivity contribution is -0.0653. The van der Waals surface area contributed by atoms with E-state index in [1.165, 1.54) is 0 Å². The maximum absolute atomic E-state index is 8.56. The second-order valence-electron chi connectivity index (χ2n) is 5.90. The minimum atomic E-state index is -0.385. The third-order valence-electron chi connectivity index (χ3n) is 3.18. The molecule has 0 spiro atoms. The van der Waals surface area contributed by atoms with Crippen LogP contribution in [0.1, 0.15) is 26.3 Å². The summed E-state index contributed by atoms with van der Waals surface area (Å²) in [7, 11) is 0. The highest BCUT2D eigenvalue weighted by Crippen LogP contribution is 2.40. The molecule has 23 heavy (non-hydrogen) atoms. The van der Waals surface area contributed by atoms with Crippen molar-refractivity contribution in [2.75, 3.05) is 13.6 Å². The summed E-state index contributed by atoms with van der Waals surface area (Å²) in [6.45, 7) is 5.72. The summed E-state index contributed by atoms with van der Waals surface area (Å²) in [5.74, 6) is 0.615. The van der Waals surface area contributed by atoms with E-state index in [1.807, 2.05) is 32.9 Å². The molecule has 0 bridgehead atoms. The Kier molecular flexibility index (Phi) is 5.81. The molecule has 7 heteroatoms. The Labute approximate surface area is 145 Å². The second-order valence-corrected chi connectivity index (χ2v) is 6.62. The average Bonchev–Trinajstić information content (AvgIpc) is 2.49. The predicted molar refractivity (Wildman–Crippen MR) is 89.9 cm³/mol. The van der Waals surface area contributed by atoms with E-state index in [-0.39, 0.29) is 19.0 Å². The molecule has 124 valence electrons. The number of nitrogens with zero attached hydrogens (tertiary/aromatic N) is 2. The quantitative estimate of drug-likeness (QED) is 0.646. The molecule has 0 saturated heterocycles. The molecule has 0 atom stereocenters. The lowest BCUT2D eigenvalue weighted by atomic mass is 9.83. The van der Waals surface area contributed by atoms with Gasteiger partial charge in [0.15, 0.2) is 17.1 Å². The van der Waals surface area contributed by atoms with Crippen molar-refractivity contribution in [2.24, 2.45) is 0 Å². The van der Waals surface area contributed by atoms with E-state index in [2.05, 4.69) is 10.2 Å². The zero-order valence-corrected chi connectivity index (χ0v) is 14.6. The minimum Gasteiger partial charge on any atom is -0.467 e. The number of rotatable bonds is 5. The van der Waals surface area contributed by atoms with E-state index in [9.17, 15) is 0 Å². The highest BCUT2D eigenvalue weighted by molar-refractivity contribution is 6.34. The van der Waals surface area contributed by atoms with Crippen LogP contribution in [-0.2, 0) is 10.2 Å². The molecule has 0 fully saturated rings. The van der Waals surface area contributed by atoms with E-state index >= 15 is 0 Å². The predicted octanol–water partition coefficient (Wildman–Crippen LogP) is 4.05. The molecule has 2 rings (SSSR count). The van der Waals surface area contributed by atoms with Crippen molar-refractivity contribution in [3.8, 4) is 16.9 Å². The zero-order chi connectivity index (χ0) is 17.0. The molecule has 0 radical (unpaired) electrons. The molecular weight excluding hydrogens is 339 g/mol. The Morgan fingerprint density at radius 1 is 1.04 bits per heavy atom. The summed E-state index contributed by atoms with van der Waals surface area (Å²) in [6.07, 6.45) is 0. The van der Waals surface area contributed by atoms with E-state index < -0.39 is 0 Å². The smallest absolute Gasteiger partial charge is 0.191 e. The molecule has 1 aromatic heterocycles. The maximum atomic E-state index is 8.56. The van der Waals surface area contributed by atoms with Gasteiger partial charge >= 0.3 is 0 Å². The summed E-state index contributed by atoms with van der Waals surface area (Å²) in [4.78, 5) is 0. The van der Waals surface area contributed by atoms with Crippen LogP contribution in [0.25, 0.3) is 11.1 Å². The fraction of sp³-hybridized carbons (Fsp3) is 0.375. The van der Waals surface area contributed by atoms with Crippen molar-refractivity contribution >= 4 is 23.2 Å². The van der Waals surface area contributed by atoms with Crippen molar-refractivity contribution < 1.29 is 14.6 Å². The first kappa shape index (κ1) is 17.9. The molecule has 2 aromatic rings. The highest BCUT2D eigenvalue weighted by Gasteiger charge is 2.26. The fourth-order valence-electron chi connectivity index (χ4n) is 2.21. The van der Waals surface area contributed by atoms with Gasteiger partial charge in [-0.3, -0.25) is 0 Å². The molecule has 0 aliphatic heterocycles. The number of halogens is 2. The minimum absolute atomic E-state index is 0.0213. The second kappa shape index (κ2) is 7.45. The van der Waals surface area contributed by atoms with Gasteiger partial charge in [0.25, 0.3) is 0 Å². The van der Waals surface area contributed by atoms with Crippen LogP contribution < -0.4 is 4.74 Å². The summed E-state index contributed by atoms with van der Waals surface area (Å²) in [6, 6.07) is 7.30. The molecule has 0 amide bonds. The average molecular weight is 357 g/mol. The number of aliphatic hydroxyl groups is 1. The summed E-state index contributed by atoms with van der Waals surface area (Å²) in [5.41, 5.74) is 2.23. The standard InChI is InChI=1S/C16H18Cl2N2O3/c1-16(2,3)13-12(14(17)19-20-15(13)18)10-4-6-11(7-5-10)23-9-22-8-21/h4-7,21H,8-9H2,1-3H3. The third-order valence-corrected chi connectivity index (χ3v) is 3.71. The van der Waals surface area contributed by atoms with Gasteiger partial charge in [-0.1, -0.05) is 56.1 Å². The Morgan fingerprint density at radius 2 is 1.65 bits per heavy atom. The van der Waals surface area contributed by atoms with Crippen molar-refractivity contribution in [2.45, 2.75) is 26.2 Å². The van der Waals surface area contributed by atoms with Crippen molar-refractivity contribution in [1.29, 1.82) is 0 Å². The van der Waals surface area contributed by atoms with Gasteiger partial charge in [-0.05, 0) is 23.1 Å². The van der Waals surface area contributed by atoms with E-state index in [4.69, 9.17) is 37.8 Å². The normalized spacial score (nSPS) is 11.6. The number of benzene rings is 1. The molecular formula is C16H18Cl2N2O3. The van der Waals surface area contributed by atoms with Gasteiger partial charge in [0, 0.05) is 11.1 Å². The molecule has 1 heterocycles. The van der Waals surface area contributed by atoms with E-state index in [0.717, 1.165) is 16.7 Å². The van der Waals surface area contributed by atoms with Gasteiger partial charge in [0.1, 0.15) is 12.5 Å². The number of hydrogen-bond acceptors (Lipinski definition) is 5. The monoisotopic (exact) mass is 356 g/mol. The van der Waals surface area contributed by atoms with Crippen LogP contribution in [-0.4, -0.2) is 28.9 Å². The topological polar surface area (TPSA) is 64.5 Å². The van der Waals surface area contributed by atoms with Gasteiger partial charge in [-0.15, -0.1) is 10.2 Å². The van der Waals surface area contributed by atoms with Crippen LogP contribution in [0.4, 0.5) is 0 Å². The van der Waals surface area contributed by atoms with Gasteiger partial charge in [-0.2, -0.15) is 0 Å². The molecule has 0 saturated carbocycles. The highest BCUT2D eigenvalue weighted by atomic mass is 35.5. The lowest BCUT2D eigenvalue weighted by Crippen LogP contribution is -2.15. The van der Waals surface area contributed by atoms with Crippen LogP contribution in [0.2, 0.25) is 10.3 Å². The number of aliphatic hydroxyl groups excluding tert-OH is 1. The Morgan fingerprint density at radius 3 is 2.22 bits per heavy atom. The Bertz CT molecular complexity index is 670. The van der Waals surface area contributed by atoms with E-state index in [1.54, 1.807) is 12.1 Å². The van der Waals surface area contributed by atoms with Crippen molar-refractivity contribution in [1.82, 2.24) is 10.2 Å². The number of aromatic nitrogens is 2. The SMILES string of the molecule is CC(C)(C)c1c(Cl)nnc(Cl)c1-c1ccc(OCOCO)cc1. The van der Waals surface area contributed by atoms with Crippen LogP contribution >= 0.6 is 23.2 Å². The van der Waals surface area contributed by atoms with Crippen molar-refractivity contribution in [3.63, 3.8) is 0 Å². The van der Waals surface area contributed by atoms with Crippen LogP contribution in [0, 0.1) is 0 Å². The first-order valence-corrected chi connectivity index (χ1v) is 7.74. The molecule has 1 aromatic carbocycles. The maximum Gasteiger partial charge on any atom is 0.191 e.